The van der Waals surface area contributed by atoms with Crippen LogP contribution in [0.1, 0.15) is 17.3 Å². The molecule has 0 aliphatic rings. The maximum absolute atomic E-state index is 12.5. The van der Waals surface area contributed by atoms with Gasteiger partial charge in [0.1, 0.15) is 0 Å². The fraction of sp³-hybridized carbons (Fsp3) is 0.0476. The number of amides is 2. The van der Waals surface area contributed by atoms with E-state index in [0.717, 1.165) is 0 Å². The molecule has 2 amide bonds. The second kappa shape index (κ2) is 8.57. The first-order valence-corrected chi connectivity index (χ1v) is 10.2. The number of hydrogen-bond acceptors (Lipinski definition) is 4. The lowest BCUT2D eigenvalue weighted by Crippen LogP contribution is -2.15. The van der Waals surface area contributed by atoms with Crippen LogP contribution < -0.4 is 15.4 Å². The second-order valence-electron chi connectivity index (χ2n) is 6.21. The molecule has 148 valence electrons. The number of nitrogens with one attached hydrogen (secondary N) is 3. The first-order valence-electron chi connectivity index (χ1n) is 8.70. The summed E-state index contributed by atoms with van der Waals surface area (Å²) in [6, 6.07) is 20.8. The molecular formula is C21H19N3O4S. The van der Waals surface area contributed by atoms with E-state index in [1.807, 2.05) is 0 Å². The molecule has 0 spiro atoms. The maximum Gasteiger partial charge on any atom is 0.261 e. The molecule has 3 aromatic carbocycles. The van der Waals surface area contributed by atoms with Gasteiger partial charge in [0.15, 0.2) is 0 Å². The highest BCUT2D eigenvalue weighted by Gasteiger charge is 2.14. The third kappa shape index (κ3) is 5.43. The molecule has 29 heavy (non-hydrogen) atoms. The Hall–Kier alpha value is -3.65. The van der Waals surface area contributed by atoms with Crippen molar-refractivity contribution in [1.82, 2.24) is 0 Å². The number of carbonyl (C=O) groups is 2. The Bertz CT molecular complexity index is 1130. The topological polar surface area (TPSA) is 104 Å². The van der Waals surface area contributed by atoms with Crippen LogP contribution in [-0.4, -0.2) is 20.2 Å². The van der Waals surface area contributed by atoms with Crippen molar-refractivity contribution in [3.8, 4) is 0 Å². The molecule has 0 saturated heterocycles. The van der Waals surface area contributed by atoms with Crippen LogP contribution in [0.3, 0.4) is 0 Å². The van der Waals surface area contributed by atoms with Crippen LogP contribution >= 0.6 is 0 Å². The van der Waals surface area contributed by atoms with E-state index in [-0.39, 0.29) is 16.5 Å². The summed E-state index contributed by atoms with van der Waals surface area (Å²) in [7, 11) is -3.75. The van der Waals surface area contributed by atoms with Crippen LogP contribution in [0.4, 0.5) is 17.1 Å². The molecule has 0 aliphatic carbocycles. The zero-order valence-electron chi connectivity index (χ0n) is 15.5. The normalized spacial score (nSPS) is 10.8. The predicted molar refractivity (Wildman–Crippen MR) is 112 cm³/mol. The number of anilines is 3. The van der Waals surface area contributed by atoms with Crippen molar-refractivity contribution in [2.75, 3.05) is 15.4 Å². The predicted octanol–water partition coefficient (Wildman–Crippen LogP) is 3.70. The van der Waals surface area contributed by atoms with E-state index in [1.165, 1.54) is 25.1 Å². The Kier molecular flexibility index (Phi) is 5.94. The fourth-order valence-corrected chi connectivity index (χ4v) is 3.65. The van der Waals surface area contributed by atoms with Gasteiger partial charge in [0, 0.05) is 29.5 Å². The van der Waals surface area contributed by atoms with Crippen molar-refractivity contribution in [1.29, 1.82) is 0 Å². The first kappa shape index (κ1) is 20.1. The van der Waals surface area contributed by atoms with Gasteiger partial charge in [-0.2, -0.15) is 0 Å². The molecule has 0 radical (unpaired) electrons. The molecular weight excluding hydrogens is 390 g/mol. The molecule has 8 heteroatoms. The minimum atomic E-state index is -3.75. The second-order valence-corrected chi connectivity index (χ2v) is 7.89. The van der Waals surface area contributed by atoms with Gasteiger partial charge in [-0.25, -0.2) is 8.42 Å². The van der Waals surface area contributed by atoms with Crippen LogP contribution in [0.2, 0.25) is 0 Å². The molecule has 0 atom stereocenters. The third-order valence-corrected chi connectivity index (χ3v) is 5.29. The van der Waals surface area contributed by atoms with Gasteiger partial charge in [0.2, 0.25) is 5.91 Å². The smallest absolute Gasteiger partial charge is 0.261 e. The molecule has 0 heterocycles. The minimum Gasteiger partial charge on any atom is -0.326 e. The molecule has 0 bridgehead atoms. The summed E-state index contributed by atoms with van der Waals surface area (Å²) in [5, 5.41) is 5.37. The van der Waals surface area contributed by atoms with Crippen molar-refractivity contribution in [3.05, 3.63) is 84.4 Å². The molecule has 7 nitrogen and oxygen atoms in total. The summed E-state index contributed by atoms with van der Waals surface area (Å²) in [4.78, 5) is 23.7. The summed E-state index contributed by atoms with van der Waals surface area (Å²) in [5.74, 6) is -0.574. The number of benzene rings is 3. The lowest BCUT2D eigenvalue weighted by Gasteiger charge is -2.10. The number of rotatable bonds is 6. The van der Waals surface area contributed by atoms with Crippen LogP contribution in [0.25, 0.3) is 0 Å². The zero-order chi connectivity index (χ0) is 20.9. The molecule has 3 rings (SSSR count). The van der Waals surface area contributed by atoms with Gasteiger partial charge in [0.25, 0.3) is 15.9 Å². The van der Waals surface area contributed by atoms with Crippen LogP contribution in [0.15, 0.2) is 83.8 Å². The molecule has 3 aromatic rings. The molecule has 0 aliphatic heterocycles. The van der Waals surface area contributed by atoms with Gasteiger partial charge in [-0.1, -0.05) is 24.3 Å². The van der Waals surface area contributed by atoms with E-state index in [1.54, 1.807) is 60.7 Å². The monoisotopic (exact) mass is 409 g/mol. The molecule has 0 aromatic heterocycles. The van der Waals surface area contributed by atoms with Gasteiger partial charge >= 0.3 is 0 Å². The minimum absolute atomic E-state index is 0.133. The zero-order valence-corrected chi connectivity index (χ0v) is 16.4. The lowest BCUT2D eigenvalue weighted by molar-refractivity contribution is -0.114. The molecule has 0 fully saturated rings. The highest BCUT2D eigenvalue weighted by atomic mass is 32.2. The van der Waals surface area contributed by atoms with E-state index < -0.39 is 15.9 Å². The summed E-state index contributed by atoms with van der Waals surface area (Å²) in [6.07, 6.45) is 0. The van der Waals surface area contributed by atoms with Crippen molar-refractivity contribution < 1.29 is 18.0 Å². The standard InChI is InChI=1S/C21H19N3O4S/c1-15(25)22-17-10-12-18(13-11-17)23-21(26)16-6-5-7-19(14-16)24-29(27,28)20-8-3-2-4-9-20/h2-14,24H,1H3,(H,22,25)(H,23,26). The Morgan fingerprint density at radius 1 is 0.724 bits per heavy atom. The highest BCUT2D eigenvalue weighted by Crippen LogP contribution is 2.19. The first-order chi connectivity index (χ1) is 13.8. The third-order valence-electron chi connectivity index (χ3n) is 3.89. The molecule has 3 N–H and O–H groups in total. The van der Waals surface area contributed by atoms with E-state index in [4.69, 9.17) is 0 Å². The van der Waals surface area contributed by atoms with Crippen molar-refractivity contribution in [3.63, 3.8) is 0 Å². The van der Waals surface area contributed by atoms with Crippen LogP contribution in [-0.2, 0) is 14.8 Å². The van der Waals surface area contributed by atoms with Gasteiger partial charge in [-0.15, -0.1) is 0 Å². The quantitative estimate of drug-likeness (QED) is 0.577. The Balaban J connectivity index is 1.72. The van der Waals surface area contributed by atoms with E-state index in [9.17, 15) is 18.0 Å². The Labute approximate surface area is 168 Å². The summed E-state index contributed by atoms with van der Waals surface area (Å²) >= 11 is 0. The van der Waals surface area contributed by atoms with Gasteiger partial charge in [-0.05, 0) is 54.6 Å². The number of carbonyl (C=O) groups excluding carboxylic acids is 2. The maximum atomic E-state index is 12.5. The van der Waals surface area contributed by atoms with E-state index >= 15 is 0 Å². The summed E-state index contributed by atoms with van der Waals surface area (Å²) in [5.41, 5.74) is 1.74. The largest absolute Gasteiger partial charge is 0.326 e. The Morgan fingerprint density at radius 3 is 1.97 bits per heavy atom. The van der Waals surface area contributed by atoms with Crippen molar-refractivity contribution in [2.24, 2.45) is 0 Å². The SMILES string of the molecule is CC(=O)Nc1ccc(NC(=O)c2cccc(NS(=O)(=O)c3ccccc3)c2)cc1. The van der Waals surface area contributed by atoms with Gasteiger partial charge in [0.05, 0.1) is 4.90 Å². The Morgan fingerprint density at radius 2 is 1.34 bits per heavy atom. The van der Waals surface area contributed by atoms with E-state index in [0.29, 0.717) is 16.9 Å². The lowest BCUT2D eigenvalue weighted by atomic mass is 10.2. The average molecular weight is 409 g/mol. The van der Waals surface area contributed by atoms with Crippen molar-refractivity contribution in [2.45, 2.75) is 11.8 Å². The molecule has 0 unspecified atom stereocenters. The molecule has 0 saturated carbocycles. The summed E-state index contributed by atoms with van der Waals surface area (Å²) in [6.45, 7) is 1.41. The van der Waals surface area contributed by atoms with Gasteiger partial charge < -0.3 is 10.6 Å². The highest BCUT2D eigenvalue weighted by molar-refractivity contribution is 7.92. The fourth-order valence-electron chi connectivity index (χ4n) is 2.58. The summed E-state index contributed by atoms with van der Waals surface area (Å²) < 4.78 is 27.4. The van der Waals surface area contributed by atoms with Crippen LogP contribution in [0, 0.1) is 0 Å². The average Bonchev–Trinajstić information content (AvgIpc) is 2.69. The number of sulfonamides is 1. The van der Waals surface area contributed by atoms with E-state index in [2.05, 4.69) is 15.4 Å². The van der Waals surface area contributed by atoms with Crippen LogP contribution in [0.5, 0.6) is 0 Å². The number of hydrogen-bond donors (Lipinski definition) is 3. The van der Waals surface area contributed by atoms with Gasteiger partial charge in [-0.3, -0.25) is 14.3 Å². The van der Waals surface area contributed by atoms with Crippen molar-refractivity contribution >= 4 is 38.9 Å².